The predicted octanol–water partition coefficient (Wildman–Crippen LogP) is 4.67. The Hall–Kier alpha value is -2.47. The number of carbonyl (C=O) groups is 1. The lowest BCUT2D eigenvalue weighted by Crippen LogP contribution is -2.11. The molecule has 0 saturated carbocycles. The molecule has 0 unspecified atom stereocenters. The minimum atomic E-state index is -4.64. The normalized spacial score (nSPS) is 11.8. The first-order chi connectivity index (χ1) is 10.7. The second-order valence-electron chi connectivity index (χ2n) is 4.61. The van der Waals surface area contributed by atoms with Crippen LogP contribution < -0.4 is 0 Å². The van der Waals surface area contributed by atoms with Crippen LogP contribution in [-0.2, 0) is 6.18 Å². The van der Waals surface area contributed by atoms with Crippen molar-refractivity contribution < 1.29 is 28.2 Å². The van der Waals surface area contributed by atoms with Crippen LogP contribution in [0.5, 0.6) is 11.5 Å². The minimum absolute atomic E-state index is 0.146. The molecule has 0 radical (unpaired) electrons. The van der Waals surface area contributed by atoms with Crippen LogP contribution in [0.2, 0.25) is 5.02 Å². The van der Waals surface area contributed by atoms with Crippen LogP contribution >= 0.6 is 11.6 Å². The molecule has 0 saturated heterocycles. The van der Waals surface area contributed by atoms with E-state index in [4.69, 9.17) is 11.6 Å². The number of alkyl halides is 3. The minimum Gasteiger partial charge on any atom is -0.504 e. The molecule has 0 aliphatic heterocycles. The van der Waals surface area contributed by atoms with Crippen molar-refractivity contribution in [3.63, 3.8) is 0 Å². The van der Waals surface area contributed by atoms with Gasteiger partial charge in [0.25, 0.3) is 0 Å². The lowest BCUT2D eigenvalue weighted by atomic mass is 10.0. The van der Waals surface area contributed by atoms with Crippen LogP contribution in [0.15, 0.2) is 42.5 Å². The second-order valence-corrected chi connectivity index (χ2v) is 5.02. The molecule has 0 aliphatic carbocycles. The number of carbonyl (C=O) groups excluding carboxylic acids is 1. The van der Waals surface area contributed by atoms with Crippen LogP contribution in [0.3, 0.4) is 0 Å². The maximum Gasteiger partial charge on any atom is 0.417 e. The summed E-state index contributed by atoms with van der Waals surface area (Å²) in [5, 5.41) is 18.6. The van der Waals surface area contributed by atoms with Gasteiger partial charge in [-0.2, -0.15) is 13.2 Å². The number of halogens is 4. The van der Waals surface area contributed by atoms with E-state index < -0.39 is 34.6 Å². The summed E-state index contributed by atoms with van der Waals surface area (Å²) in [4.78, 5) is 12.0. The highest BCUT2D eigenvalue weighted by Crippen LogP contribution is 2.35. The van der Waals surface area contributed by atoms with Crippen LogP contribution in [0.25, 0.3) is 6.08 Å². The Labute approximate surface area is 134 Å². The zero-order valence-electron chi connectivity index (χ0n) is 11.4. The molecular weight excluding hydrogens is 333 g/mol. The number of phenols is 2. The molecule has 0 spiro atoms. The van der Waals surface area contributed by atoms with E-state index in [0.717, 1.165) is 24.3 Å². The molecule has 0 atom stereocenters. The van der Waals surface area contributed by atoms with E-state index in [1.807, 2.05) is 0 Å². The Morgan fingerprint density at radius 1 is 1.13 bits per heavy atom. The summed E-state index contributed by atoms with van der Waals surface area (Å²) in [5.41, 5.74) is -1.25. The summed E-state index contributed by atoms with van der Waals surface area (Å²) in [6.45, 7) is 0. The number of hydrogen-bond donors (Lipinski definition) is 2. The maximum atomic E-state index is 12.9. The van der Waals surface area contributed by atoms with Gasteiger partial charge in [0.1, 0.15) is 0 Å². The summed E-state index contributed by atoms with van der Waals surface area (Å²) in [5.74, 6) is -1.86. The van der Waals surface area contributed by atoms with Crippen LogP contribution in [0.4, 0.5) is 13.2 Å². The third-order valence-corrected chi connectivity index (χ3v) is 3.28. The standard InChI is InChI=1S/C16H10ClF3O3/c17-12-7-9(8-14(22)15(12)23)5-6-13(21)10-3-1-2-4-11(10)16(18,19)20/h1-8,22-23H/b6-5+. The highest BCUT2D eigenvalue weighted by Gasteiger charge is 2.34. The molecule has 2 N–H and O–H groups in total. The lowest BCUT2D eigenvalue weighted by Gasteiger charge is -2.10. The monoisotopic (exact) mass is 342 g/mol. The van der Waals surface area contributed by atoms with Gasteiger partial charge in [-0.25, -0.2) is 0 Å². The molecule has 0 aliphatic rings. The number of phenolic OH excluding ortho intramolecular Hbond substituents is 2. The molecule has 0 fully saturated rings. The zero-order chi connectivity index (χ0) is 17.2. The molecule has 2 aromatic rings. The van der Waals surface area contributed by atoms with Crippen molar-refractivity contribution in [1.29, 1.82) is 0 Å². The van der Waals surface area contributed by atoms with E-state index in [2.05, 4.69) is 0 Å². The highest BCUT2D eigenvalue weighted by atomic mass is 35.5. The molecule has 0 amide bonds. The molecule has 3 nitrogen and oxygen atoms in total. The van der Waals surface area contributed by atoms with E-state index in [0.29, 0.717) is 0 Å². The van der Waals surface area contributed by atoms with Gasteiger partial charge in [0.15, 0.2) is 17.3 Å². The van der Waals surface area contributed by atoms with E-state index in [1.54, 1.807) is 0 Å². The lowest BCUT2D eigenvalue weighted by molar-refractivity contribution is -0.137. The van der Waals surface area contributed by atoms with Gasteiger partial charge >= 0.3 is 6.18 Å². The largest absolute Gasteiger partial charge is 0.504 e. The Balaban J connectivity index is 2.33. The average Bonchev–Trinajstić information content (AvgIpc) is 2.49. The van der Waals surface area contributed by atoms with Gasteiger partial charge in [0, 0.05) is 5.56 Å². The third kappa shape index (κ3) is 3.84. The highest BCUT2D eigenvalue weighted by molar-refractivity contribution is 6.32. The molecule has 0 aromatic heterocycles. The number of benzene rings is 2. The van der Waals surface area contributed by atoms with Gasteiger partial charge in [-0.3, -0.25) is 4.79 Å². The Morgan fingerprint density at radius 3 is 2.39 bits per heavy atom. The van der Waals surface area contributed by atoms with Crippen molar-refractivity contribution in [1.82, 2.24) is 0 Å². The van der Waals surface area contributed by atoms with Gasteiger partial charge < -0.3 is 10.2 Å². The van der Waals surface area contributed by atoms with Crippen molar-refractivity contribution in [3.8, 4) is 11.5 Å². The summed E-state index contributed by atoms with van der Waals surface area (Å²) >= 11 is 5.66. The van der Waals surface area contributed by atoms with Crippen molar-refractivity contribution in [2.24, 2.45) is 0 Å². The fourth-order valence-electron chi connectivity index (χ4n) is 1.91. The zero-order valence-corrected chi connectivity index (χ0v) is 12.2. The van der Waals surface area contributed by atoms with E-state index in [1.165, 1.54) is 24.3 Å². The second kappa shape index (κ2) is 6.34. The van der Waals surface area contributed by atoms with Crippen molar-refractivity contribution in [2.75, 3.05) is 0 Å². The molecule has 120 valence electrons. The smallest absolute Gasteiger partial charge is 0.417 e. The molecule has 2 aromatic carbocycles. The van der Waals surface area contributed by atoms with E-state index in [9.17, 15) is 28.2 Å². The number of hydrogen-bond acceptors (Lipinski definition) is 3. The number of allylic oxidation sites excluding steroid dienone is 1. The van der Waals surface area contributed by atoms with Gasteiger partial charge in [-0.1, -0.05) is 35.9 Å². The summed E-state index contributed by atoms with van der Waals surface area (Å²) in [6.07, 6.45) is -2.51. The molecule has 2 rings (SSSR count). The topological polar surface area (TPSA) is 57.5 Å². The van der Waals surface area contributed by atoms with Crippen LogP contribution in [0, 0.1) is 0 Å². The van der Waals surface area contributed by atoms with Gasteiger partial charge in [-0.05, 0) is 29.8 Å². The third-order valence-electron chi connectivity index (χ3n) is 2.99. The Morgan fingerprint density at radius 2 is 1.78 bits per heavy atom. The fourth-order valence-corrected chi connectivity index (χ4v) is 2.13. The summed E-state index contributed by atoms with van der Waals surface area (Å²) in [6, 6.07) is 6.82. The van der Waals surface area contributed by atoms with E-state index in [-0.39, 0.29) is 10.6 Å². The first-order valence-electron chi connectivity index (χ1n) is 6.30. The van der Waals surface area contributed by atoms with Crippen LogP contribution in [0.1, 0.15) is 21.5 Å². The first-order valence-corrected chi connectivity index (χ1v) is 6.68. The average molecular weight is 343 g/mol. The van der Waals surface area contributed by atoms with Crippen molar-refractivity contribution in [2.45, 2.75) is 6.18 Å². The van der Waals surface area contributed by atoms with Gasteiger partial charge in [0.2, 0.25) is 0 Å². The molecule has 0 heterocycles. The fraction of sp³-hybridized carbons (Fsp3) is 0.0625. The Bertz CT molecular complexity index is 759. The number of aromatic hydroxyl groups is 2. The molecule has 0 bridgehead atoms. The van der Waals surface area contributed by atoms with Crippen molar-refractivity contribution >= 4 is 23.5 Å². The molecule has 23 heavy (non-hydrogen) atoms. The Kier molecular flexibility index (Phi) is 4.65. The van der Waals surface area contributed by atoms with Gasteiger partial charge in [0.05, 0.1) is 10.6 Å². The van der Waals surface area contributed by atoms with Gasteiger partial charge in [-0.15, -0.1) is 0 Å². The quantitative estimate of drug-likeness (QED) is 0.484. The predicted molar refractivity (Wildman–Crippen MR) is 79.6 cm³/mol. The SMILES string of the molecule is O=C(/C=C/c1cc(O)c(O)c(Cl)c1)c1ccccc1C(F)(F)F. The van der Waals surface area contributed by atoms with E-state index >= 15 is 0 Å². The maximum absolute atomic E-state index is 12.9. The molecular formula is C16H10ClF3O3. The molecule has 7 heteroatoms. The van der Waals surface area contributed by atoms with Crippen molar-refractivity contribution in [3.05, 3.63) is 64.2 Å². The summed E-state index contributed by atoms with van der Waals surface area (Å²) in [7, 11) is 0. The number of ketones is 1. The summed E-state index contributed by atoms with van der Waals surface area (Å²) < 4.78 is 38.6. The van der Waals surface area contributed by atoms with Crippen LogP contribution in [-0.4, -0.2) is 16.0 Å². The first kappa shape index (κ1) is 16.9. The number of rotatable bonds is 3.